The maximum absolute atomic E-state index is 4.29. The molecule has 4 aliphatic rings. The molecule has 0 aliphatic heterocycles. The molecule has 4 aliphatic carbocycles. The fraction of sp³-hybridized carbons (Fsp3) is 0.840. The van der Waals surface area contributed by atoms with Crippen molar-refractivity contribution in [2.24, 2.45) is 40.4 Å². The normalized spacial score (nSPS) is 48.8. The van der Waals surface area contributed by atoms with Gasteiger partial charge in [0.25, 0.3) is 0 Å². The lowest BCUT2D eigenvalue weighted by atomic mass is 9.42. The zero-order chi connectivity index (χ0) is 18.2. The summed E-state index contributed by atoms with van der Waals surface area (Å²) in [6.45, 7) is 11.9. The summed E-state index contributed by atoms with van der Waals surface area (Å²) in [4.78, 5) is 0. The molecule has 0 saturated heterocycles. The number of fused-ring (bicyclic) bond motifs is 5. The van der Waals surface area contributed by atoms with Gasteiger partial charge in [-0.2, -0.15) is 0 Å². The highest BCUT2D eigenvalue weighted by Crippen LogP contribution is 2.66. The summed E-state index contributed by atoms with van der Waals surface area (Å²) in [6, 6.07) is 0. The molecule has 0 N–H and O–H groups in total. The van der Waals surface area contributed by atoms with Crippen LogP contribution in [0, 0.1) is 53.3 Å². The Morgan fingerprint density at radius 3 is 2.36 bits per heavy atom. The predicted molar refractivity (Wildman–Crippen MR) is 109 cm³/mol. The Kier molecular flexibility index (Phi) is 5.44. The first-order valence-corrected chi connectivity index (χ1v) is 10.9. The van der Waals surface area contributed by atoms with E-state index < -0.39 is 0 Å². The Labute approximate surface area is 157 Å². The number of hydrogen-bond donors (Lipinski definition) is 0. The maximum atomic E-state index is 4.29. The van der Waals surface area contributed by atoms with Gasteiger partial charge in [0, 0.05) is 0 Å². The summed E-state index contributed by atoms with van der Waals surface area (Å²) >= 11 is 0. The second kappa shape index (κ2) is 7.13. The van der Waals surface area contributed by atoms with Crippen LogP contribution in [0.1, 0.15) is 91.4 Å². The molecule has 4 rings (SSSR count). The van der Waals surface area contributed by atoms with E-state index in [-0.39, 0.29) is 0 Å². The fourth-order valence-corrected chi connectivity index (χ4v) is 7.97. The Morgan fingerprint density at radius 2 is 1.64 bits per heavy atom. The molecule has 140 valence electrons. The van der Waals surface area contributed by atoms with Crippen molar-refractivity contribution in [2.75, 3.05) is 0 Å². The SMILES string of the molecule is C#C.C=C(C)C1CCC2C3CCC4CCCCC4(C)C3CCC2(C)C1. The van der Waals surface area contributed by atoms with E-state index in [1.165, 1.54) is 56.9 Å². The van der Waals surface area contributed by atoms with Gasteiger partial charge in [-0.3, -0.25) is 0 Å². The second-order valence-corrected chi connectivity index (χ2v) is 10.4. The molecule has 0 spiro atoms. The molecule has 4 fully saturated rings. The lowest BCUT2D eigenvalue weighted by Crippen LogP contribution is -2.54. The van der Waals surface area contributed by atoms with Crippen molar-refractivity contribution in [3.05, 3.63) is 12.2 Å². The van der Waals surface area contributed by atoms with Crippen LogP contribution in [0.3, 0.4) is 0 Å². The van der Waals surface area contributed by atoms with Crippen LogP contribution in [0.15, 0.2) is 12.2 Å². The van der Waals surface area contributed by atoms with Gasteiger partial charge in [-0.25, -0.2) is 0 Å². The van der Waals surface area contributed by atoms with E-state index in [9.17, 15) is 0 Å². The summed E-state index contributed by atoms with van der Waals surface area (Å²) < 4.78 is 0. The number of rotatable bonds is 1. The summed E-state index contributed by atoms with van der Waals surface area (Å²) in [5, 5.41) is 0. The number of hydrogen-bond acceptors (Lipinski definition) is 0. The predicted octanol–water partition coefficient (Wildman–Crippen LogP) is 7.25. The molecule has 0 aromatic heterocycles. The molecule has 25 heavy (non-hydrogen) atoms. The summed E-state index contributed by atoms with van der Waals surface area (Å²) in [6.07, 6.45) is 24.6. The van der Waals surface area contributed by atoms with E-state index in [0.29, 0.717) is 10.8 Å². The van der Waals surface area contributed by atoms with Crippen LogP contribution in [-0.4, -0.2) is 0 Å². The van der Waals surface area contributed by atoms with E-state index in [1.807, 2.05) is 0 Å². The van der Waals surface area contributed by atoms with Crippen molar-refractivity contribution in [3.8, 4) is 12.8 Å². The average Bonchev–Trinajstić information content (AvgIpc) is 2.61. The maximum Gasteiger partial charge on any atom is -0.0203 e. The molecule has 0 amide bonds. The van der Waals surface area contributed by atoms with Crippen molar-refractivity contribution in [2.45, 2.75) is 91.4 Å². The zero-order valence-electron chi connectivity index (χ0n) is 17.0. The molecular weight excluding hydrogens is 300 g/mol. The minimum absolute atomic E-state index is 0.626. The van der Waals surface area contributed by atoms with E-state index in [2.05, 4.69) is 40.2 Å². The average molecular weight is 341 g/mol. The van der Waals surface area contributed by atoms with Gasteiger partial charge >= 0.3 is 0 Å². The molecular formula is C25H40. The zero-order valence-corrected chi connectivity index (χ0v) is 17.0. The molecule has 7 atom stereocenters. The largest absolute Gasteiger partial charge is 0.124 e. The summed E-state index contributed by atoms with van der Waals surface area (Å²) in [5.74, 6) is 5.01. The Hall–Kier alpha value is -0.700. The quantitative estimate of drug-likeness (QED) is 0.348. The van der Waals surface area contributed by atoms with Gasteiger partial charge in [0.1, 0.15) is 0 Å². The Morgan fingerprint density at radius 1 is 0.880 bits per heavy atom. The van der Waals surface area contributed by atoms with Crippen LogP contribution in [0.5, 0.6) is 0 Å². The lowest BCUT2D eigenvalue weighted by molar-refractivity contribution is -0.128. The minimum atomic E-state index is 0.626. The third kappa shape index (κ3) is 3.11. The highest BCUT2D eigenvalue weighted by Gasteiger charge is 2.57. The molecule has 7 unspecified atom stereocenters. The topological polar surface area (TPSA) is 0 Å². The van der Waals surface area contributed by atoms with Crippen molar-refractivity contribution in [3.63, 3.8) is 0 Å². The Balaban J connectivity index is 0.000000880. The summed E-state index contributed by atoms with van der Waals surface area (Å²) in [5.41, 5.74) is 2.78. The summed E-state index contributed by atoms with van der Waals surface area (Å²) in [7, 11) is 0. The van der Waals surface area contributed by atoms with Gasteiger partial charge < -0.3 is 0 Å². The van der Waals surface area contributed by atoms with Crippen LogP contribution in [0.4, 0.5) is 0 Å². The van der Waals surface area contributed by atoms with Gasteiger partial charge in [0.05, 0.1) is 0 Å². The monoisotopic (exact) mass is 340 g/mol. The van der Waals surface area contributed by atoms with Crippen molar-refractivity contribution in [1.82, 2.24) is 0 Å². The molecule has 0 bridgehead atoms. The standard InChI is InChI=1S/C23H38.C2H2/c1-16(2)17-8-11-20-19-10-9-18-7-5-6-13-23(18,4)21(19)12-14-22(20,3)15-17;1-2/h17-21H,1,5-15H2,2-4H3;1-2H. The van der Waals surface area contributed by atoms with E-state index >= 15 is 0 Å². The molecule has 0 aromatic rings. The number of terminal acetylenes is 1. The van der Waals surface area contributed by atoms with Gasteiger partial charge in [0.15, 0.2) is 0 Å². The van der Waals surface area contributed by atoms with Gasteiger partial charge in [-0.05, 0) is 105 Å². The first-order valence-electron chi connectivity index (χ1n) is 10.9. The van der Waals surface area contributed by atoms with Crippen molar-refractivity contribution >= 4 is 0 Å². The van der Waals surface area contributed by atoms with Crippen LogP contribution in [-0.2, 0) is 0 Å². The molecule has 0 heteroatoms. The molecule has 0 nitrogen and oxygen atoms in total. The highest BCUT2D eigenvalue weighted by atomic mass is 14.6. The van der Waals surface area contributed by atoms with Gasteiger partial charge in [-0.1, -0.05) is 38.8 Å². The third-order valence-electron chi connectivity index (χ3n) is 9.34. The van der Waals surface area contributed by atoms with Crippen molar-refractivity contribution in [1.29, 1.82) is 0 Å². The van der Waals surface area contributed by atoms with Gasteiger partial charge in [0.2, 0.25) is 0 Å². The molecule has 4 saturated carbocycles. The van der Waals surface area contributed by atoms with Gasteiger partial charge in [-0.15, -0.1) is 12.8 Å². The van der Waals surface area contributed by atoms with Crippen molar-refractivity contribution < 1.29 is 0 Å². The molecule has 0 heterocycles. The smallest absolute Gasteiger partial charge is 0.0203 e. The lowest BCUT2D eigenvalue weighted by Gasteiger charge is -2.62. The fourth-order valence-electron chi connectivity index (χ4n) is 7.97. The third-order valence-corrected chi connectivity index (χ3v) is 9.34. The molecule has 0 aromatic carbocycles. The van der Waals surface area contributed by atoms with E-state index in [1.54, 1.807) is 19.3 Å². The first kappa shape index (κ1) is 19.1. The van der Waals surface area contributed by atoms with Crippen LogP contribution in [0.25, 0.3) is 0 Å². The van der Waals surface area contributed by atoms with E-state index in [4.69, 9.17) is 0 Å². The highest BCUT2D eigenvalue weighted by molar-refractivity contribution is 5.09. The second-order valence-electron chi connectivity index (χ2n) is 10.4. The van der Waals surface area contributed by atoms with Crippen LogP contribution < -0.4 is 0 Å². The van der Waals surface area contributed by atoms with Crippen LogP contribution in [0.2, 0.25) is 0 Å². The first-order chi connectivity index (χ1) is 11.9. The number of allylic oxidation sites excluding steroid dienone is 1. The molecule has 0 radical (unpaired) electrons. The van der Waals surface area contributed by atoms with Crippen LogP contribution >= 0.6 is 0 Å². The minimum Gasteiger partial charge on any atom is -0.124 e. The van der Waals surface area contributed by atoms with E-state index in [0.717, 1.165) is 29.6 Å². The Bertz CT molecular complexity index is 513.